The molecule has 3 rings (SSSR count). The standard InChI is InChI=1S/C17H26ClN3O3/c1-20-10-14(18)15(19-20)11-21(12-17-23-7-8-24-17)16(22)9-13-5-3-2-4-6-13/h10,13,17H,2-9,11-12H2,1H3. The first-order valence-electron chi connectivity index (χ1n) is 8.81. The number of amides is 1. The maximum atomic E-state index is 12.9. The summed E-state index contributed by atoms with van der Waals surface area (Å²) in [5.41, 5.74) is 0.717. The molecule has 0 bridgehead atoms. The van der Waals surface area contributed by atoms with E-state index < -0.39 is 0 Å². The molecule has 2 fully saturated rings. The highest BCUT2D eigenvalue weighted by Crippen LogP contribution is 2.27. The minimum Gasteiger partial charge on any atom is -0.348 e. The minimum absolute atomic E-state index is 0.141. The molecule has 1 aliphatic heterocycles. The van der Waals surface area contributed by atoms with Crippen LogP contribution in [-0.2, 0) is 27.9 Å². The average Bonchev–Trinajstić information content (AvgIpc) is 3.17. The Labute approximate surface area is 148 Å². The topological polar surface area (TPSA) is 56.6 Å². The van der Waals surface area contributed by atoms with E-state index in [-0.39, 0.29) is 12.2 Å². The van der Waals surface area contributed by atoms with E-state index in [0.717, 1.165) is 12.8 Å². The van der Waals surface area contributed by atoms with Crippen LogP contribution in [0.15, 0.2) is 6.20 Å². The summed E-state index contributed by atoms with van der Waals surface area (Å²) >= 11 is 6.22. The van der Waals surface area contributed by atoms with Crippen molar-refractivity contribution in [2.24, 2.45) is 13.0 Å². The van der Waals surface area contributed by atoms with Crippen LogP contribution < -0.4 is 0 Å². The Kier molecular flexibility index (Phi) is 6.14. The van der Waals surface area contributed by atoms with Gasteiger partial charge in [-0.1, -0.05) is 30.9 Å². The van der Waals surface area contributed by atoms with Gasteiger partial charge in [0.1, 0.15) is 5.69 Å². The molecule has 7 heteroatoms. The second kappa shape index (κ2) is 8.32. The maximum absolute atomic E-state index is 12.9. The van der Waals surface area contributed by atoms with E-state index in [1.165, 1.54) is 19.3 Å². The molecule has 1 aromatic rings. The van der Waals surface area contributed by atoms with E-state index in [0.29, 0.717) is 49.4 Å². The minimum atomic E-state index is -0.345. The molecule has 0 unspecified atom stereocenters. The number of carbonyl (C=O) groups is 1. The largest absolute Gasteiger partial charge is 0.348 e. The first-order valence-corrected chi connectivity index (χ1v) is 9.18. The number of ether oxygens (including phenoxy) is 2. The molecule has 1 amide bonds. The fraction of sp³-hybridized carbons (Fsp3) is 0.765. The molecule has 24 heavy (non-hydrogen) atoms. The second-order valence-electron chi connectivity index (χ2n) is 6.75. The monoisotopic (exact) mass is 355 g/mol. The molecular formula is C17H26ClN3O3. The molecule has 1 saturated carbocycles. The molecule has 0 atom stereocenters. The van der Waals surface area contributed by atoms with Crippen molar-refractivity contribution in [3.63, 3.8) is 0 Å². The van der Waals surface area contributed by atoms with Gasteiger partial charge in [-0.3, -0.25) is 9.48 Å². The van der Waals surface area contributed by atoms with Crippen molar-refractivity contribution in [1.29, 1.82) is 0 Å². The molecule has 1 saturated heterocycles. The third kappa shape index (κ3) is 4.71. The zero-order valence-corrected chi connectivity index (χ0v) is 15.0. The Morgan fingerprint density at radius 2 is 2.04 bits per heavy atom. The van der Waals surface area contributed by atoms with Crippen LogP contribution >= 0.6 is 11.6 Å². The van der Waals surface area contributed by atoms with Gasteiger partial charge in [-0.15, -0.1) is 0 Å². The number of hydrogen-bond donors (Lipinski definition) is 0. The van der Waals surface area contributed by atoms with Gasteiger partial charge in [0, 0.05) is 19.7 Å². The van der Waals surface area contributed by atoms with E-state index >= 15 is 0 Å². The number of aromatic nitrogens is 2. The third-order valence-corrected chi connectivity index (χ3v) is 5.11. The zero-order valence-electron chi connectivity index (χ0n) is 14.2. The lowest BCUT2D eigenvalue weighted by molar-refractivity contribution is -0.139. The highest BCUT2D eigenvalue weighted by atomic mass is 35.5. The van der Waals surface area contributed by atoms with Crippen molar-refractivity contribution in [3.8, 4) is 0 Å². The summed E-state index contributed by atoms with van der Waals surface area (Å²) in [6.45, 7) is 1.99. The Balaban J connectivity index is 1.65. The molecule has 2 aliphatic rings. The van der Waals surface area contributed by atoms with E-state index in [4.69, 9.17) is 21.1 Å². The summed E-state index contributed by atoms with van der Waals surface area (Å²) in [5, 5.41) is 4.95. The van der Waals surface area contributed by atoms with E-state index in [9.17, 15) is 4.79 Å². The quantitative estimate of drug-likeness (QED) is 0.787. The molecule has 0 N–H and O–H groups in total. The van der Waals surface area contributed by atoms with E-state index in [2.05, 4.69) is 5.10 Å². The molecule has 0 spiro atoms. The predicted octanol–water partition coefficient (Wildman–Crippen LogP) is 2.75. The smallest absolute Gasteiger partial charge is 0.223 e. The molecular weight excluding hydrogens is 330 g/mol. The van der Waals surface area contributed by atoms with Crippen LogP contribution in [0.2, 0.25) is 5.02 Å². The van der Waals surface area contributed by atoms with Crippen LogP contribution in [0.3, 0.4) is 0 Å². The van der Waals surface area contributed by atoms with Gasteiger partial charge in [0.05, 0.1) is 31.3 Å². The summed E-state index contributed by atoms with van der Waals surface area (Å²) in [4.78, 5) is 14.6. The van der Waals surface area contributed by atoms with Crippen LogP contribution in [0, 0.1) is 5.92 Å². The number of carbonyl (C=O) groups excluding carboxylic acids is 1. The normalized spacial score (nSPS) is 19.8. The van der Waals surface area contributed by atoms with Gasteiger partial charge in [-0.2, -0.15) is 5.10 Å². The summed E-state index contributed by atoms with van der Waals surface area (Å²) in [6.07, 6.45) is 8.07. The third-order valence-electron chi connectivity index (χ3n) is 4.80. The number of halogens is 1. The van der Waals surface area contributed by atoms with Gasteiger partial charge < -0.3 is 14.4 Å². The Hall–Kier alpha value is -1.11. The SMILES string of the molecule is Cn1cc(Cl)c(CN(CC2OCCO2)C(=O)CC2CCCCC2)n1. The van der Waals surface area contributed by atoms with Gasteiger partial charge >= 0.3 is 0 Å². The van der Waals surface area contributed by atoms with Crippen molar-refractivity contribution in [2.75, 3.05) is 19.8 Å². The highest BCUT2D eigenvalue weighted by Gasteiger charge is 2.27. The number of rotatable bonds is 6. The van der Waals surface area contributed by atoms with E-state index in [1.54, 1.807) is 15.8 Å². The fourth-order valence-electron chi connectivity index (χ4n) is 3.51. The zero-order chi connectivity index (χ0) is 16.9. The van der Waals surface area contributed by atoms with Crippen LogP contribution in [0.4, 0.5) is 0 Å². The van der Waals surface area contributed by atoms with Gasteiger partial charge in [-0.25, -0.2) is 0 Å². The van der Waals surface area contributed by atoms with Crippen LogP contribution in [0.5, 0.6) is 0 Å². The Morgan fingerprint density at radius 1 is 1.33 bits per heavy atom. The maximum Gasteiger partial charge on any atom is 0.223 e. The molecule has 1 aromatic heterocycles. The highest BCUT2D eigenvalue weighted by molar-refractivity contribution is 6.31. The van der Waals surface area contributed by atoms with Crippen molar-refractivity contribution in [2.45, 2.75) is 51.4 Å². The van der Waals surface area contributed by atoms with Crippen molar-refractivity contribution >= 4 is 17.5 Å². The van der Waals surface area contributed by atoms with Gasteiger partial charge in [0.15, 0.2) is 6.29 Å². The molecule has 0 radical (unpaired) electrons. The number of nitrogens with zero attached hydrogens (tertiary/aromatic N) is 3. The first kappa shape index (κ1) is 17.7. The average molecular weight is 356 g/mol. The number of hydrogen-bond acceptors (Lipinski definition) is 4. The van der Waals surface area contributed by atoms with E-state index in [1.807, 2.05) is 7.05 Å². The first-order chi connectivity index (χ1) is 11.6. The van der Waals surface area contributed by atoms with Crippen molar-refractivity contribution in [3.05, 3.63) is 16.9 Å². The molecule has 0 aromatic carbocycles. The summed E-state index contributed by atoms with van der Waals surface area (Å²) in [6, 6.07) is 0. The Morgan fingerprint density at radius 3 is 2.67 bits per heavy atom. The van der Waals surface area contributed by atoms with Gasteiger partial charge in [-0.05, 0) is 18.8 Å². The lowest BCUT2D eigenvalue weighted by Gasteiger charge is -2.28. The second-order valence-corrected chi connectivity index (χ2v) is 7.16. The van der Waals surface area contributed by atoms with Crippen molar-refractivity contribution in [1.82, 2.24) is 14.7 Å². The van der Waals surface area contributed by atoms with Crippen LogP contribution in [-0.4, -0.2) is 46.6 Å². The van der Waals surface area contributed by atoms with Crippen LogP contribution in [0.25, 0.3) is 0 Å². The predicted molar refractivity (Wildman–Crippen MR) is 90.5 cm³/mol. The van der Waals surface area contributed by atoms with Crippen LogP contribution in [0.1, 0.15) is 44.2 Å². The summed E-state index contributed by atoms with van der Waals surface area (Å²) < 4.78 is 12.7. The summed E-state index contributed by atoms with van der Waals surface area (Å²) in [7, 11) is 1.83. The van der Waals surface area contributed by atoms with Crippen molar-refractivity contribution < 1.29 is 14.3 Å². The summed E-state index contributed by atoms with van der Waals surface area (Å²) in [5.74, 6) is 0.640. The Bertz CT molecular complexity index is 551. The van der Waals surface area contributed by atoms with Gasteiger partial charge in [0.2, 0.25) is 5.91 Å². The molecule has 134 valence electrons. The lowest BCUT2D eigenvalue weighted by Crippen LogP contribution is -2.38. The molecule has 1 aliphatic carbocycles. The molecule has 2 heterocycles. The fourth-order valence-corrected chi connectivity index (χ4v) is 3.75. The lowest BCUT2D eigenvalue weighted by atomic mass is 9.86. The molecule has 6 nitrogen and oxygen atoms in total. The van der Waals surface area contributed by atoms with Gasteiger partial charge in [0.25, 0.3) is 0 Å². The number of aryl methyl sites for hydroxylation is 1.